The average molecular weight is 285 g/mol. The molecule has 4 heteroatoms. The second kappa shape index (κ2) is 7.85. The van der Waals surface area contributed by atoms with Crippen molar-refractivity contribution in [2.75, 3.05) is 12.8 Å². The third-order valence-corrected chi connectivity index (χ3v) is 2.74. The van der Waals surface area contributed by atoms with E-state index in [0.29, 0.717) is 22.4 Å². The molecule has 0 unspecified atom stereocenters. The van der Waals surface area contributed by atoms with Gasteiger partial charge in [0.1, 0.15) is 0 Å². The number of carbonyl (C=O) groups excluding carboxylic acids is 2. The lowest BCUT2D eigenvalue weighted by Gasteiger charge is -2.03. The zero-order valence-corrected chi connectivity index (χ0v) is 12.4. The monoisotopic (exact) mass is 285 g/mol. The van der Waals surface area contributed by atoms with Crippen molar-refractivity contribution >= 4 is 17.4 Å². The van der Waals surface area contributed by atoms with Crippen LogP contribution >= 0.6 is 0 Å². The summed E-state index contributed by atoms with van der Waals surface area (Å²) in [6, 6.07) is 13.0. The number of esters is 1. The highest BCUT2D eigenvalue weighted by atomic mass is 16.5. The Labute approximate surface area is 124 Å². The molecule has 2 aromatic rings. The summed E-state index contributed by atoms with van der Waals surface area (Å²) in [4.78, 5) is 23.4. The van der Waals surface area contributed by atoms with Crippen LogP contribution in [0.3, 0.4) is 0 Å². The fourth-order valence-corrected chi connectivity index (χ4v) is 1.68. The van der Waals surface area contributed by atoms with Gasteiger partial charge in [0.25, 0.3) is 0 Å². The van der Waals surface area contributed by atoms with Crippen LogP contribution < -0.4 is 5.73 Å². The molecule has 110 valence electrons. The number of benzene rings is 2. The summed E-state index contributed by atoms with van der Waals surface area (Å²) >= 11 is 0. The highest BCUT2D eigenvalue weighted by Crippen LogP contribution is 2.13. The minimum absolute atomic E-state index is 0.114. The van der Waals surface area contributed by atoms with E-state index in [9.17, 15) is 9.59 Å². The molecule has 2 aromatic carbocycles. The number of carbonyl (C=O) groups is 2. The minimum Gasteiger partial charge on any atom is -0.465 e. The molecule has 4 nitrogen and oxygen atoms in total. The van der Waals surface area contributed by atoms with Crippen molar-refractivity contribution in [1.82, 2.24) is 0 Å². The Kier molecular flexibility index (Phi) is 6.14. The van der Waals surface area contributed by atoms with Crippen LogP contribution in [0, 0.1) is 0 Å². The van der Waals surface area contributed by atoms with Gasteiger partial charge in [0, 0.05) is 16.8 Å². The molecule has 2 rings (SSSR count). The third-order valence-electron chi connectivity index (χ3n) is 2.74. The molecular weight excluding hydrogens is 266 g/mol. The predicted molar refractivity (Wildman–Crippen MR) is 83.4 cm³/mol. The number of nitrogen functional groups attached to an aromatic ring is 1. The van der Waals surface area contributed by atoms with E-state index in [-0.39, 0.29) is 5.78 Å². The summed E-state index contributed by atoms with van der Waals surface area (Å²) < 4.78 is 4.60. The van der Waals surface area contributed by atoms with Crippen molar-refractivity contribution in [1.29, 1.82) is 0 Å². The zero-order chi connectivity index (χ0) is 15.8. The van der Waals surface area contributed by atoms with Crippen LogP contribution in [0.1, 0.15) is 40.1 Å². The predicted octanol–water partition coefficient (Wildman–Crippen LogP) is 3.31. The van der Waals surface area contributed by atoms with Crippen LogP contribution in [-0.4, -0.2) is 18.9 Å². The summed E-state index contributed by atoms with van der Waals surface area (Å²) in [6.07, 6.45) is 0. The van der Waals surface area contributed by atoms with Crippen molar-refractivity contribution in [3.8, 4) is 0 Å². The average Bonchev–Trinajstić information content (AvgIpc) is 2.56. The Morgan fingerprint density at radius 1 is 0.810 bits per heavy atom. The Morgan fingerprint density at radius 3 is 1.62 bits per heavy atom. The molecular formula is C17H19NO3. The molecule has 0 aliphatic heterocycles. The lowest BCUT2D eigenvalue weighted by atomic mass is 10.0. The number of methoxy groups -OCH3 is 1. The zero-order valence-electron chi connectivity index (χ0n) is 12.4. The summed E-state index contributed by atoms with van der Waals surface area (Å²) in [6.45, 7) is 4.00. The molecule has 0 saturated carbocycles. The molecule has 0 amide bonds. The Morgan fingerprint density at radius 2 is 1.19 bits per heavy atom. The Hall–Kier alpha value is -2.62. The van der Waals surface area contributed by atoms with Crippen molar-refractivity contribution in [2.45, 2.75) is 13.8 Å². The first-order valence-corrected chi connectivity index (χ1v) is 6.70. The van der Waals surface area contributed by atoms with E-state index in [2.05, 4.69) is 4.74 Å². The molecule has 0 saturated heterocycles. The summed E-state index contributed by atoms with van der Waals surface area (Å²) in [5, 5.41) is 0. The van der Waals surface area contributed by atoms with E-state index in [1.807, 2.05) is 13.8 Å². The number of hydrogen-bond donors (Lipinski definition) is 1. The lowest BCUT2D eigenvalue weighted by Crippen LogP contribution is -2.04. The van der Waals surface area contributed by atoms with Gasteiger partial charge < -0.3 is 10.5 Å². The van der Waals surface area contributed by atoms with Gasteiger partial charge in [-0.05, 0) is 36.4 Å². The Bertz CT molecular complexity index is 601. The van der Waals surface area contributed by atoms with Crippen molar-refractivity contribution in [3.05, 3.63) is 65.2 Å². The van der Waals surface area contributed by atoms with Crippen LogP contribution in [0.25, 0.3) is 0 Å². The van der Waals surface area contributed by atoms with Gasteiger partial charge in [-0.25, -0.2) is 4.79 Å². The van der Waals surface area contributed by atoms with E-state index in [0.717, 1.165) is 0 Å². The van der Waals surface area contributed by atoms with Crippen LogP contribution in [0.15, 0.2) is 48.5 Å². The SMILES string of the molecule is CC.COC(=O)c1ccc(C(=O)c2ccc(N)cc2)cc1. The number of anilines is 1. The molecule has 0 heterocycles. The van der Waals surface area contributed by atoms with Crippen LogP contribution in [0.5, 0.6) is 0 Å². The highest BCUT2D eigenvalue weighted by molar-refractivity contribution is 6.09. The fraction of sp³-hybridized carbons (Fsp3) is 0.176. The molecule has 0 radical (unpaired) electrons. The fourth-order valence-electron chi connectivity index (χ4n) is 1.68. The first-order chi connectivity index (χ1) is 10.1. The van der Waals surface area contributed by atoms with Gasteiger partial charge in [-0.1, -0.05) is 26.0 Å². The first-order valence-electron chi connectivity index (χ1n) is 6.70. The van der Waals surface area contributed by atoms with E-state index in [1.165, 1.54) is 7.11 Å². The van der Waals surface area contributed by atoms with E-state index in [1.54, 1.807) is 48.5 Å². The summed E-state index contributed by atoms with van der Waals surface area (Å²) in [7, 11) is 1.32. The normalized spacial score (nSPS) is 9.29. The quantitative estimate of drug-likeness (QED) is 0.533. The first kappa shape index (κ1) is 16.4. The standard InChI is InChI=1S/C15H13NO3.C2H6/c1-19-15(18)12-4-2-10(3-5-12)14(17)11-6-8-13(16)9-7-11;1-2/h2-9H,16H2,1H3;1-2H3. The summed E-state index contributed by atoms with van der Waals surface area (Å²) in [5.74, 6) is -0.539. The second-order valence-corrected chi connectivity index (χ2v) is 4.02. The van der Waals surface area contributed by atoms with E-state index < -0.39 is 5.97 Å². The largest absolute Gasteiger partial charge is 0.465 e. The lowest BCUT2D eigenvalue weighted by molar-refractivity contribution is 0.0600. The molecule has 0 spiro atoms. The highest BCUT2D eigenvalue weighted by Gasteiger charge is 2.10. The van der Waals surface area contributed by atoms with Crippen LogP contribution in [0.4, 0.5) is 5.69 Å². The van der Waals surface area contributed by atoms with Gasteiger partial charge in [-0.2, -0.15) is 0 Å². The molecule has 2 N–H and O–H groups in total. The maximum Gasteiger partial charge on any atom is 0.337 e. The maximum atomic E-state index is 12.2. The number of hydrogen-bond acceptors (Lipinski definition) is 4. The number of ketones is 1. The van der Waals surface area contributed by atoms with Crippen molar-refractivity contribution in [2.24, 2.45) is 0 Å². The number of rotatable bonds is 3. The molecule has 0 aliphatic rings. The molecule has 21 heavy (non-hydrogen) atoms. The Balaban J connectivity index is 0.00000106. The van der Waals surface area contributed by atoms with E-state index in [4.69, 9.17) is 5.73 Å². The second-order valence-electron chi connectivity index (χ2n) is 4.02. The summed E-state index contributed by atoms with van der Waals surface area (Å²) in [5.41, 5.74) is 7.66. The van der Waals surface area contributed by atoms with Crippen LogP contribution in [-0.2, 0) is 4.74 Å². The van der Waals surface area contributed by atoms with Gasteiger partial charge in [0.2, 0.25) is 0 Å². The van der Waals surface area contributed by atoms with E-state index >= 15 is 0 Å². The smallest absolute Gasteiger partial charge is 0.337 e. The van der Waals surface area contributed by atoms with Crippen molar-refractivity contribution < 1.29 is 14.3 Å². The minimum atomic E-state index is -0.425. The molecule has 0 atom stereocenters. The van der Waals surface area contributed by atoms with Crippen molar-refractivity contribution in [3.63, 3.8) is 0 Å². The van der Waals surface area contributed by atoms with Gasteiger partial charge in [-0.15, -0.1) is 0 Å². The number of nitrogens with two attached hydrogens (primary N) is 1. The topological polar surface area (TPSA) is 69.4 Å². The molecule has 0 bridgehead atoms. The maximum absolute atomic E-state index is 12.2. The van der Waals surface area contributed by atoms with Gasteiger partial charge >= 0.3 is 5.97 Å². The third kappa shape index (κ3) is 4.18. The van der Waals surface area contributed by atoms with Gasteiger partial charge in [-0.3, -0.25) is 4.79 Å². The van der Waals surface area contributed by atoms with Gasteiger partial charge in [0.05, 0.1) is 12.7 Å². The van der Waals surface area contributed by atoms with Gasteiger partial charge in [0.15, 0.2) is 5.78 Å². The molecule has 0 fully saturated rings. The number of ether oxygens (including phenoxy) is 1. The molecule has 0 aliphatic carbocycles. The van der Waals surface area contributed by atoms with Crippen LogP contribution in [0.2, 0.25) is 0 Å². The molecule has 0 aromatic heterocycles.